The first-order valence-corrected chi connectivity index (χ1v) is 11.9. The van der Waals surface area contributed by atoms with Gasteiger partial charge in [0.1, 0.15) is 11.1 Å². The van der Waals surface area contributed by atoms with Crippen LogP contribution in [0.1, 0.15) is 25.0 Å². The van der Waals surface area contributed by atoms with Gasteiger partial charge in [-0.25, -0.2) is 0 Å². The van der Waals surface area contributed by atoms with Gasteiger partial charge in [0.2, 0.25) is 0 Å². The molecule has 2 rings (SSSR count). The summed E-state index contributed by atoms with van der Waals surface area (Å²) in [4.78, 5) is 41.6. The number of nitro benzene ring substituents is 2. The molecule has 0 aromatic heterocycles. The topological polar surface area (TPSA) is 185 Å². The Bertz CT molecular complexity index is 1220. The summed E-state index contributed by atoms with van der Waals surface area (Å²) in [6, 6.07) is 4.02. The number of halogens is 9. The van der Waals surface area contributed by atoms with E-state index in [0.717, 1.165) is 26.0 Å². The SMILES string of the molecule is C[C@](O)(Br)C(=O)Nc1ccc([N+](=O)[O-])c(C(F)(F)F)c1.C[C@](O)([125I])C(=O)Nc1ccc([N+](=O)[O-])c(C(F)(F)F)c1.[125I-].[Na+]. The van der Waals surface area contributed by atoms with Crippen molar-refractivity contribution in [2.75, 3.05) is 10.6 Å². The van der Waals surface area contributed by atoms with Gasteiger partial charge in [-0.05, 0) is 76.6 Å². The molecule has 22 heteroatoms. The number of amides is 2. The van der Waals surface area contributed by atoms with Crippen molar-refractivity contribution in [1.29, 1.82) is 0 Å². The van der Waals surface area contributed by atoms with E-state index in [2.05, 4.69) is 15.9 Å². The summed E-state index contributed by atoms with van der Waals surface area (Å²) in [5.41, 5.74) is -5.83. The number of benzene rings is 2. The minimum atomic E-state index is -4.94. The maximum absolute atomic E-state index is 12.7. The number of nitrogens with one attached hydrogen (secondary N) is 2. The van der Waals surface area contributed by atoms with Crippen LogP contribution in [-0.2, 0) is 21.9 Å². The average molecular weight is 907 g/mol. The second-order valence-corrected chi connectivity index (χ2v) is 11.4. The van der Waals surface area contributed by atoms with E-state index in [-0.39, 0.29) is 64.9 Å². The van der Waals surface area contributed by atoms with Crippen molar-refractivity contribution in [3.8, 4) is 0 Å². The summed E-state index contributed by atoms with van der Waals surface area (Å²) in [6.07, 6.45) is -9.88. The Morgan fingerprint density at radius 3 is 1.36 bits per heavy atom. The number of aliphatic hydroxyl groups is 2. The number of anilines is 2. The third-order valence-corrected chi connectivity index (χ3v) is 5.19. The number of hydrogen-bond donors (Lipinski definition) is 4. The molecule has 2 aromatic carbocycles. The smallest absolute Gasteiger partial charge is 1.00 e. The van der Waals surface area contributed by atoms with Crippen molar-refractivity contribution in [2.24, 2.45) is 0 Å². The first kappa shape index (κ1) is 42.8. The number of nitro groups is 2. The normalized spacial score (nSPS) is 13.8. The van der Waals surface area contributed by atoms with Crippen molar-refractivity contribution in [3.63, 3.8) is 0 Å². The standard InChI is InChI=1S/C10H8BrF3N2O4.C10H8F3IN2O4.HI.Na/c1-9(11,18)8(17)15-5-2-3-7(16(19)20)6(4-5)10(12,13)14;1-9(14,18)8(17)15-5-2-3-7(16(19)20)6(4-5)10(11,12)13;;/h2*2-4,18H,1H3,(H,15,17);1H;/q;;;+1/p-1/t2*9-;;/m11../s1/i;14-2;1-2;. The number of hydrogen-bond acceptors (Lipinski definition) is 8. The molecule has 0 bridgehead atoms. The van der Waals surface area contributed by atoms with Gasteiger partial charge in [0, 0.05) is 23.5 Å². The van der Waals surface area contributed by atoms with Gasteiger partial charge in [-0.3, -0.25) is 29.8 Å². The summed E-state index contributed by atoms with van der Waals surface area (Å²) in [5.74, 6) is -1.96. The molecule has 0 heterocycles. The van der Waals surface area contributed by atoms with Crippen molar-refractivity contribution >= 4 is 73.1 Å². The van der Waals surface area contributed by atoms with E-state index < -0.39 is 64.6 Å². The van der Waals surface area contributed by atoms with E-state index in [4.69, 9.17) is 0 Å². The Hall–Kier alpha value is -1.38. The molecule has 228 valence electrons. The molecule has 0 saturated carbocycles. The third kappa shape index (κ3) is 13.1. The molecule has 0 aliphatic rings. The molecule has 0 radical (unpaired) electrons. The predicted octanol–water partition coefficient (Wildman–Crippen LogP) is -0.641. The van der Waals surface area contributed by atoms with Crippen LogP contribution in [0.4, 0.5) is 49.1 Å². The number of nitrogens with zero attached hydrogens (tertiary/aromatic N) is 2. The molecule has 2 aromatic rings. The number of carbonyl (C=O) groups is 2. The zero-order valence-electron chi connectivity index (χ0n) is 21.1. The van der Waals surface area contributed by atoms with E-state index in [1.807, 2.05) is 10.6 Å². The van der Waals surface area contributed by atoms with Crippen LogP contribution in [0.5, 0.6) is 0 Å². The number of carbonyl (C=O) groups excluding carboxylic acids is 2. The Balaban J connectivity index is 0. The van der Waals surface area contributed by atoms with E-state index in [9.17, 15) is 66.4 Å². The van der Waals surface area contributed by atoms with Crippen LogP contribution in [0.3, 0.4) is 0 Å². The van der Waals surface area contributed by atoms with Crippen LogP contribution in [-0.4, -0.2) is 40.0 Å². The fraction of sp³-hybridized carbons (Fsp3) is 0.300. The molecule has 12 nitrogen and oxygen atoms in total. The zero-order valence-corrected chi connectivity index (χ0v) is 29.0. The molecule has 0 saturated heterocycles. The van der Waals surface area contributed by atoms with Crippen LogP contribution in [0.25, 0.3) is 0 Å². The molecule has 42 heavy (non-hydrogen) atoms. The molecule has 0 aliphatic heterocycles. The summed E-state index contributed by atoms with van der Waals surface area (Å²) < 4.78 is 72.3. The van der Waals surface area contributed by atoms with Crippen LogP contribution in [0, 0.1) is 20.2 Å². The van der Waals surface area contributed by atoms with Crippen LogP contribution >= 0.6 is 38.5 Å². The van der Waals surface area contributed by atoms with Gasteiger partial charge >= 0.3 is 41.9 Å². The van der Waals surface area contributed by atoms with Gasteiger partial charge in [-0.1, -0.05) is 0 Å². The van der Waals surface area contributed by atoms with Gasteiger partial charge in [0.15, 0.2) is 8.12 Å². The molecule has 2 amide bonds. The summed E-state index contributed by atoms with van der Waals surface area (Å²) in [6.45, 7) is 2.21. The first-order chi connectivity index (χ1) is 17.9. The molecule has 2 atom stereocenters. The van der Waals surface area contributed by atoms with Crippen LogP contribution in [0.15, 0.2) is 36.4 Å². The molecule has 0 spiro atoms. The Kier molecular flexibility index (Phi) is 16.4. The average Bonchev–Trinajstić information content (AvgIpc) is 2.76. The fourth-order valence-corrected chi connectivity index (χ4v) is 2.72. The zero-order chi connectivity index (χ0) is 31.4. The Morgan fingerprint density at radius 2 is 1.12 bits per heavy atom. The first-order valence-electron chi connectivity index (χ1n) is 10.0. The van der Waals surface area contributed by atoms with Gasteiger partial charge in [-0.15, -0.1) is 0 Å². The fourth-order valence-electron chi connectivity index (χ4n) is 2.49. The maximum Gasteiger partial charge on any atom is 1.00 e. The maximum atomic E-state index is 12.7. The van der Waals surface area contributed by atoms with E-state index in [1.165, 1.54) is 22.6 Å². The molecule has 0 unspecified atom stereocenters. The van der Waals surface area contributed by atoms with Crippen molar-refractivity contribution in [1.82, 2.24) is 0 Å². The van der Waals surface area contributed by atoms with E-state index in [0.29, 0.717) is 24.3 Å². The van der Waals surface area contributed by atoms with Crippen molar-refractivity contribution in [2.45, 2.75) is 34.3 Å². The summed E-state index contributed by atoms with van der Waals surface area (Å²) >= 11 is 3.99. The third-order valence-electron chi connectivity index (χ3n) is 4.34. The monoisotopic (exact) mass is 906 g/mol. The van der Waals surface area contributed by atoms with Crippen molar-refractivity contribution < 1.29 is 110 Å². The molecular formula is C20H16BrF6I2N4NaO8. The molecular weight excluding hydrogens is 891 g/mol. The molecule has 0 aliphatic carbocycles. The van der Waals surface area contributed by atoms with Gasteiger partial charge < -0.3 is 44.8 Å². The van der Waals surface area contributed by atoms with Crippen molar-refractivity contribution in [3.05, 3.63) is 67.8 Å². The van der Waals surface area contributed by atoms with Gasteiger partial charge in [0.25, 0.3) is 23.2 Å². The summed E-state index contributed by atoms with van der Waals surface area (Å²) in [7, 11) is 0. The van der Waals surface area contributed by atoms with Gasteiger partial charge in [0.05, 0.1) is 9.85 Å². The van der Waals surface area contributed by atoms with Crippen LogP contribution in [0.2, 0.25) is 0 Å². The second kappa shape index (κ2) is 16.1. The summed E-state index contributed by atoms with van der Waals surface area (Å²) in [5, 5.41) is 43.8. The predicted molar refractivity (Wildman–Crippen MR) is 138 cm³/mol. The quantitative estimate of drug-likeness (QED) is 0.0738. The van der Waals surface area contributed by atoms with E-state index >= 15 is 0 Å². The number of alkyl halides is 8. The number of rotatable bonds is 6. The Labute approximate surface area is 292 Å². The Morgan fingerprint density at radius 1 is 0.810 bits per heavy atom. The van der Waals surface area contributed by atoms with Gasteiger partial charge in [-0.2, -0.15) is 26.3 Å². The minimum Gasteiger partial charge on any atom is -1.00 e. The second-order valence-electron chi connectivity index (χ2n) is 7.79. The van der Waals surface area contributed by atoms with E-state index in [1.54, 1.807) is 0 Å². The minimum absolute atomic E-state index is 0. The molecule has 4 N–H and O–H groups in total. The molecule has 0 fully saturated rings. The van der Waals surface area contributed by atoms with Crippen LogP contribution < -0.4 is 64.2 Å². The largest absolute Gasteiger partial charge is 1.00 e.